The van der Waals surface area contributed by atoms with Crippen LogP contribution in [0.15, 0.2) is 18.2 Å². The van der Waals surface area contributed by atoms with Crippen molar-refractivity contribution in [3.8, 4) is 0 Å². The van der Waals surface area contributed by atoms with Crippen LogP contribution in [-0.4, -0.2) is 6.54 Å². The first-order valence-corrected chi connectivity index (χ1v) is 5.69. The van der Waals surface area contributed by atoms with E-state index in [0.29, 0.717) is 5.56 Å². The summed E-state index contributed by atoms with van der Waals surface area (Å²) in [5.41, 5.74) is 6.53. The van der Waals surface area contributed by atoms with Crippen molar-refractivity contribution in [2.45, 2.75) is 40.3 Å². The molecule has 0 aliphatic rings. The zero-order chi connectivity index (χ0) is 12.6. The monoisotopic (exact) mass is 223 g/mol. The standard InChI is InChI=1S/C14H22FN/c1-10-6-7-12(11(2)8-10)14(15,9-16)13(3,4)5/h6-8H,9,16H2,1-5H3. The van der Waals surface area contributed by atoms with E-state index in [1.165, 1.54) is 0 Å². The minimum atomic E-state index is -1.47. The first-order chi connectivity index (χ1) is 7.22. The van der Waals surface area contributed by atoms with Crippen molar-refractivity contribution >= 4 is 0 Å². The van der Waals surface area contributed by atoms with Crippen LogP contribution < -0.4 is 5.73 Å². The summed E-state index contributed by atoms with van der Waals surface area (Å²) in [6.45, 7) is 9.63. The molecule has 1 atom stereocenters. The van der Waals surface area contributed by atoms with Gasteiger partial charge in [0, 0.05) is 12.0 Å². The van der Waals surface area contributed by atoms with Crippen molar-refractivity contribution in [1.82, 2.24) is 0 Å². The second-order valence-electron chi connectivity index (χ2n) is 5.57. The molecular formula is C14H22FN. The first-order valence-electron chi connectivity index (χ1n) is 5.69. The second kappa shape index (κ2) is 4.17. The van der Waals surface area contributed by atoms with Gasteiger partial charge in [-0.15, -0.1) is 0 Å². The van der Waals surface area contributed by atoms with Crippen LogP contribution >= 0.6 is 0 Å². The molecule has 1 aromatic rings. The van der Waals surface area contributed by atoms with Crippen molar-refractivity contribution < 1.29 is 4.39 Å². The molecule has 0 saturated carbocycles. The smallest absolute Gasteiger partial charge is 0.153 e. The molecule has 1 rings (SSSR count). The molecule has 0 aromatic heterocycles. The second-order valence-corrected chi connectivity index (χ2v) is 5.57. The average Bonchev–Trinajstić information content (AvgIpc) is 2.15. The van der Waals surface area contributed by atoms with E-state index in [0.717, 1.165) is 11.1 Å². The zero-order valence-electron chi connectivity index (χ0n) is 10.9. The van der Waals surface area contributed by atoms with Crippen molar-refractivity contribution in [3.05, 3.63) is 34.9 Å². The third-order valence-corrected chi connectivity index (χ3v) is 3.28. The lowest BCUT2D eigenvalue weighted by atomic mass is 9.72. The number of halogens is 1. The third kappa shape index (κ3) is 2.12. The van der Waals surface area contributed by atoms with E-state index in [1.54, 1.807) is 0 Å². The molecule has 90 valence electrons. The number of nitrogens with two attached hydrogens (primary N) is 1. The molecule has 2 heteroatoms. The van der Waals surface area contributed by atoms with Gasteiger partial charge in [-0.25, -0.2) is 4.39 Å². The zero-order valence-corrected chi connectivity index (χ0v) is 10.9. The molecule has 0 radical (unpaired) electrons. The Morgan fingerprint density at radius 3 is 2.12 bits per heavy atom. The molecule has 0 fully saturated rings. The van der Waals surface area contributed by atoms with Crippen molar-refractivity contribution in [1.29, 1.82) is 0 Å². The number of hydrogen-bond acceptors (Lipinski definition) is 1. The van der Waals surface area contributed by atoms with E-state index in [4.69, 9.17) is 5.73 Å². The Bertz CT molecular complexity index is 379. The number of benzene rings is 1. The Labute approximate surface area is 97.9 Å². The van der Waals surface area contributed by atoms with E-state index < -0.39 is 11.1 Å². The molecule has 0 heterocycles. The lowest BCUT2D eigenvalue weighted by molar-refractivity contribution is 0.0337. The van der Waals surface area contributed by atoms with Crippen LogP contribution in [0.5, 0.6) is 0 Å². The predicted molar refractivity (Wildman–Crippen MR) is 67.2 cm³/mol. The highest BCUT2D eigenvalue weighted by Crippen LogP contribution is 2.43. The molecule has 0 saturated heterocycles. The van der Waals surface area contributed by atoms with Crippen LogP contribution in [0, 0.1) is 19.3 Å². The molecule has 0 spiro atoms. The Hall–Kier alpha value is -0.890. The molecule has 1 aromatic carbocycles. The number of hydrogen-bond donors (Lipinski definition) is 1. The van der Waals surface area contributed by atoms with E-state index in [-0.39, 0.29) is 6.54 Å². The summed E-state index contributed by atoms with van der Waals surface area (Å²) in [6.07, 6.45) is 0. The summed E-state index contributed by atoms with van der Waals surface area (Å²) in [6, 6.07) is 5.81. The van der Waals surface area contributed by atoms with Gasteiger partial charge in [-0.1, -0.05) is 44.5 Å². The Balaban J connectivity index is 3.34. The molecule has 0 amide bonds. The molecule has 0 bridgehead atoms. The van der Waals surface area contributed by atoms with Gasteiger partial charge in [0.15, 0.2) is 5.67 Å². The lowest BCUT2D eigenvalue weighted by Crippen LogP contribution is -2.43. The van der Waals surface area contributed by atoms with E-state index >= 15 is 4.39 Å². The van der Waals surface area contributed by atoms with Gasteiger partial charge in [0.05, 0.1) is 0 Å². The Morgan fingerprint density at radius 1 is 1.19 bits per heavy atom. The van der Waals surface area contributed by atoms with E-state index in [9.17, 15) is 0 Å². The Kier molecular flexibility index (Phi) is 3.44. The summed E-state index contributed by atoms with van der Waals surface area (Å²) >= 11 is 0. The molecule has 0 aliphatic heterocycles. The summed E-state index contributed by atoms with van der Waals surface area (Å²) in [4.78, 5) is 0. The minimum Gasteiger partial charge on any atom is -0.327 e. The highest BCUT2D eigenvalue weighted by atomic mass is 19.1. The number of alkyl halides is 1. The molecule has 0 aliphatic carbocycles. The third-order valence-electron chi connectivity index (χ3n) is 3.28. The summed E-state index contributed by atoms with van der Waals surface area (Å²) < 4.78 is 15.0. The lowest BCUT2D eigenvalue weighted by Gasteiger charge is -2.38. The normalized spacial score (nSPS) is 15.9. The van der Waals surface area contributed by atoms with E-state index in [2.05, 4.69) is 0 Å². The molecule has 1 unspecified atom stereocenters. The SMILES string of the molecule is Cc1ccc(C(F)(CN)C(C)(C)C)c(C)c1. The maximum Gasteiger partial charge on any atom is 0.153 e. The van der Waals surface area contributed by atoms with Crippen molar-refractivity contribution in [2.75, 3.05) is 6.54 Å². The van der Waals surface area contributed by atoms with Crippen LogP contribution in [0.1, 0.15) is 37.5 Å². The highest BCUT2D eigenvalue weighted by molar-refractivity contribution is 5.36. The summed E-state index contributed by atoms with van der Waals surface area (Å²) in [5, 5.41) is 0. The predicted octanol–water partition coefficient (Wildman–Crippen LogP) is 3.47. The maximum atomic E-state index is 15.0. The summed E-state index contributed by atoms with van der Waals surface area (Å²) in [5.74, 6) is 0. The van der Waals surface area contributed by atoms with Gasteiger partial charge in [0.1, 0.15) is 0 Å². The van der Waals surface area contributed by atoms with Crippen molar-refractivity contribution in [2.24, 2.45) is 11.1 Å². The van der Waals surface area contributed by atoms with Crippen LogP contribution in [0.2, 0.25) is 0 Å². The fraction of sp³-hybridized carbons (Fsp3) is 0.571. The van der Waals surface area contributed by atoms with Crippen LogP contribution in [0.4, 0.5) is 4.39 Å². The highest BCUT2D eigenvalue weighted by Gasteiger charge is 2.43. The van der Waals surface area contributed by atoms with Crippen LogP contribution in [0.3, 0.4) is 0 Å². The number of aryl methyl sites for hydroxylation is 2. The largest absolute Gasteiger partial charge is 0.327 e. The molecule has 2 N–H and O–H groups in total. The topological polar surface area (TPSA) is 26.0 Å². The molecule has 1 nitrogen and oxygen atoms in total. The molecule has 16 heavy (non-hydrogen) atoms. The first kappa shape index (κ1) is 13.2. The maximum absolute atomic E-state index is 15.0. The van der Waals surface area contributed by atoms with Crippen LogP contribution in [0.25, 0.3) is 0 Å². The molecular weight excluding hydrogens is 201 g/mol. The fourth-order valence-electron chi connectivity index (χ4n) is 2.08. The van der Waals surface area contributed by atoms with Gasteiger partial charge >= 0.3 is 0 Å². The summed E-state index contributed by atoms with van der Waals surface area (Å²) in [7, 11) is 0. The van der Waals surface area contributed by atoms with Gasteiger partial charge in [-0.05, 0) is 25.0 Å². The van der Waals surface area contributed by atoms with Gasteiger partial charge < -0.3 is 5.73 Å². The van der Waals surface area contributed by atoms with Gasteiger partial charge in [0.25, 0.3) is 0 Å². The fourth-order valence-corrected chi connectivity index (χ4v) is 2.08. The van der Waals surface area contributed by atoms with Crippen LogP contribution in [-0.2, 0) is 5.67 Å². The van der Waals surface area contributed by atoms with E-state index in [1.807, 2.05) is 52.8 Å². The quantitative estimate of drug-likeness (QED) is 0.816. The minimum absolute atomic E-state index is 0.0143. The van der Waals surface area contributed by atoms with Gasteiger partial charge in [-0.2, -0.15) is 0 Å². The Morgan fingerprint density at radius 2 is 1.75 bits per heavy atom. The van der Waals surface area contributed by atoms with Gasteiger partial charge in [-0.3, -0.25) is 0 Å². The van der Waals surface area contributed by atoms with Gasteiger partial charge in [0.2, 0.25) is 0 Å². The number of rotatable bonds is 2. The average molecular weight is 223 g/mol. The van der Waals surface area contributed by atoms with Crippen molar-refractivity contribution in [3.63, 3.8) is 0 Å².